The molecule has 0 saturated carbocycles. The van der Waals surface area contributed by atoms with Gasteiger partial charge in [0, 0.05) is 46.2 Å². The number of piperazine rings is 1. The monoisotopic (exact) mass is 373 g/mol. The van der Waals surface area contributed by atoms with E-state index in [-0.39, 0.29) is 30.4 Å². The van der Waals surface area contributed by atoms with E-state index < -0.39 is 0 Å². The Hall–Kier alpha value is -2.57. The minimum atomic E-state index is -0.363. The zero-order chi connectivity index (χ0) is 19.2. The van der Waals surface area contributed by atoms with Gasteiger partial charge in [-0.3, -0.25) is 9.59 Å². The second-order valence-electron chi connectivity index (χ2n) is 7.16. The first kappa shape index (κ1) is 19.2. The third kappa shape index (κ3) is 4.99. The Labute approximate surface area is 159 Å². The molecule has 0 bridgehead atoms. The number of benzene rings is 1. The number of carbonyl (C=O) groups is 3. The van der Waals surface area contributed by atoms with Crippen molar-refractivity contribution in [2.24, 2.45) is 5.92 Å². The third-order valence-corrected chi connectivity index (χ3v) is 5.27. The van der Waals surface area contributed by atoms with E-state index in [1.54, 1.807) is 16.7 Å². The van der Waals surface area contributed by atoms with Crippen LogP contribution in [0.3, 0.4) is 0 Å². The minimum Gasteiger partial charge on any atom is -0.445 e. The maximum Gasteiger partial charge on any atom is 0.410 e. The van der Waals surface area contributed by atoms with E-state index in [1.165, 1.54) is 0 Å². The first-order chi connectivity index (χ1) is 13.0. The molecule has 7 heteroatoms. The molecule has 0 aliphatic carbocycles. The van der Waals surface area contributed by atoms with Crippen LogP contribution in [0.5, 0.6) is 0 Å². The molecule has 1 aromatic carbocycles. The van der Waals surface area contributed by atoms with Gasteiger partial charge in [-0.1, -0.05) is 30.3 Å². The lowest BCUT2D eigenvalue weighted by Crippen LogP contribution is -2.53. The fourth-order valence-electron chi connectivity index (χ4n) is 3.66. The molecule has 1 atom stereocenters. The fourth-order valence-corrected chi connectivity index (χ4v) is 3.66. The highest BCUT2D eigenvalue weighted by Crippen LogP contribution is 2.21. The molecule has 0 N–H and O–H groups in total. The maximum atomic E-state index is 12.8. The van der Waals surface area contributed by atoms with Crippen LogP contribution in [0.1, 0.15) is 25.3 Å². The SMILES string of the molecule is CC(=O)N1CCN(C(=O)C2CCCN(C(=O)OCc3ccccc3)C2)CC1. The Bertz CT molecular complexity index is 671. The molecule has 0 radical (unpaired) electrons. The van der Waals surface area contributed by atoms with Crippen LogP contribution in [-0.4, -0.2) is 71.9 Å². The van der Waals surface area contributed by atoms with Crippen LogP contribution < -0.4 is 0 Å². The average molecular weight is 373 g/mol. The third-order valence-electron chi connectivity index (χ3n) is 5.27. The summed E-state index contributed by atoms with van der Waals surface area (Å²) >= 11 is 0. The topological polar surface area (TPSA) is 70.2 Å². The van der Waals surface area contributed by atoms with Gasteiger partial charge in [0.15, 0.2) is 0 Å². The van der Waals surface area contributed by atoms with Crippen molar-refractivity contribution in [3.8, 4) is 0 Å². The molecular formula is C20H27N3O4. The van der Waals surface area contributed by atoms with Gasteiger partial charge < -0.3 is 19.4 Å². The lowest BCUT2D eigenvalue weighted by molar-refractivity contribution is -0.142. The summed E-state index contributed by atoms with van der Waals surface area (Å²) < 4.78 is 5.40. The first-order valence-corrected chi connectivity index (χ1v) is 9.54. The van der Waals surface area contributed by atoms with Gasteiger partial charge >= 0.3 is 6.09 Å². The predicted octanol–water partition coefficient (Wildman–Crippen LogP) is 1.73. The second-order valence-corrected chi connectivity index (χ2v) is 7.16. The number of nitrogens with zero attached hydrogens (tertiary/aromatic N) is 3. The van der Waals surface area contributed by atoms with E-state index in [0.29, 0.717) is 39.3 Å². The quantitative estimate of drug-likeness (QED) is 0.809. The van der Waals surface area contributed by atoms with Crippen molar-refractivity contribution < 1.29 is 19.1 Å². The van der Waals surface area contributed by atoms with Crippen LogP contribution in [0, 0.1) is 5.92 Å². The molecule has 2 aliphatic heterocycles. The van der Waals surface area contributed by atoms with Crippen LogP contribution in [0.25, 0.3) is 0 Å². The molecule has 27 heavy (non-hydrogen) atoms. The van der Waals surface area contributed by atoms with Gasteiger partial charge in [0.1, 0.15) is 6.61 Å². The zero-order valence-corrected chi connectivity index (χ0v) is 15.8. The summed E-state index contributed by atoms with van der Waals surface area (Å²) in [5.41, 5.74) is 0.943. The average Bonchev–Trinajstić information content (AvgIpc) is 2.72. The highest BCUT2D eigenvalue weighted by atomic mass is 16.6. The number of carbonyl (C=O) groups excluding carboxylic acids is 3. The number of amides is 3. The number of piperidine rings is 1. The zero-order valence-electron chi connectivity index (χ0n) is 15.8. The smallest absolute Gasteiger partial charge is 0.410 e. The number of rotatable bonds is 3. The molecule has 1 unspecified atom stereocenters. The lowest BCUT2D eigenvalue weighted by atomic mass is 9.96. The van der Waals surface area contributed by atoms with Gasteiger partial charge in [-0.25, -0.2) is 4.79 Å². The van der Waals surface area contributed by atoms with Gasteiger partial charge in [-0.05, 0) is 18.4 Å². The highest BCUT2D eigenvalue weighted by molar-refractivity contribution is 5.81. The number of hydrogen-bond donors (Lipinski definition) is 0. The van der Waals surface area contributed by atoms with E-state index in [1.807, 2.05) is 35.2 Å². The number of likely N-dealkylation sites (tertiary alicyclic amines) is 1. The Morgan fingerprint density at radius 1 is 0.963 bits per heavy atom. The Kier molecular flexibility index (Phi) is 6.32. The highest BCUT2D eigenvalue weighted by Gasteiger charge is 2.33. The Morgan fingerprint density at radius 2 is 1.63 bits per heavy atom. The van der Waals surface area contributed by atoms with Crippen molar-refractivity contribution in [2.75, 3.05) is 39.3 Å². The summed E-state index contributed by atoms with van der Waals surface area (Å²) in [4.78, 5) is 41.8. The van der Waals surface area contributed by atoms with E-state index in [9.17, 15) is 14.4 Å². The predicted molar refractivity (Wildman–Crippen MR) is 99.8 cm³/mol. The molecule has 2 heterocycles. The van der Waals surface area contributed by atoms with Crippen LogP contribution >= 0.6 is 0 Å². The molecular weight excluding hydrogens is 346 g/mol. The van der Waals surface area contributed by atoms with Gasteiger partial charge in [-0.15, -0.1) is 0 Å². The summed E-state index contributed by atoms with van der Waals surface area (Å²) in [6, 6.07) is 9.56. The van der Waals surface area contributed by atoms with Crippen LogP contribution in [0.4, 0.5) is 4.79 Å². The molecule has 3 amide bonds. The number of hydrogen-bond acceptors (Lipinski definition) is 4. The van der Waals surface area contributed by atoms with Gasteiger partial charge in [0.2, 0.25) is 11.8 Å². The molecule has 0 aromatic heterocycles. The summed E-state index contributed by atoms with van der Waals surface area (Å²) in [5, 5.41) is 0. The summed E-state index contributed by atoms with van der Waals surface area (Å²) in [7, 11) is 0. The first-order valence-electron chi connectivity index (χ1n) is 9.54. The standard InChI is InChI=1S/C20H27N3O4/c1-16(24)21-10-12-22(13-11-21)19(25)18-8-5-9-23(14-18)20(26)27-15-17-6-3-2-4-7-17/h2-4,6-7,18H,5,8-15H2,1H3. The van der Waals surface area contributed by atoms with Gasteiger partial charge in [-0.2, -0.15) is 0 Å². The molecule has 1 aromatic rings. The lowest BCUT2D eigenvalue weighted by Gasteiger charge is -2.38. The van der Waals surface area contributed by atoms with E-state index in [4.69, 9.17) is 4.74 Å². The second kappa shape index (κ2) is 8.88. The van der Waals surface area contributed by atoms with Crippen molar-refractivity contribution in [1.29, 1.82) is 0 Å². The van der Waals surface area contributed by atoms with Gasteiger partial charge in [0.25, 0.3) is 0 Å². The minimum absolute atomic E-state index is 0.0482. The molecule has 2 aliphatic rings. The van der Waals surface area contributed by atoms with Crippen molar-refractivity contribution in [3.63, 3.8) is 0 Å². The van der Waals surface area contributed by atoms with Crippen LogP contribution in [0.2, 0.25) is 0 Å². The summed E-state index contributed by atoms with van der Waals surface area (Å²) in [5.74, 6) is -0.0576. The molecule has 2 saturated heterocycles. The summed E-state index contributed by atoms with van der Waals surface area (Å²) in [6.45, 7) is 5.10. The fraction of sp³-hybridized carbons (Fsp3) is 0.550. The molecule has 146 valence electrons. The van der Waals surface area contributed by atoms with E-state index >= 15 is 0 Å². The molecule has 0 spiro atoms. The normalized spacial score (nSPS) is 20.3. The van der Waals surface area contributed by atoms with Gasteiger partial charge in [0.05, 0.1) is 5.92 Å². The van der Waals surface area contributed by atoms with Crippen molar-refractivity contribution >= 4 is 17.9 Å². The van der Waals surface area contributed by atoms with Crippen molar-refractivity contribution in [3.05, 3.63) is 35.9 Å². The summed E-state index contributed by atoms with van der Waals surface area (Å²) in [6.07, 6.45) is 1.22. The van der Waals surface area contributed by atoms with E-state index in [2.05, 4.69) is 0 Å². The van der Waals surface area contributed by atoms with Crippen LogP contribution in [-0.2, 0) is 20.9 Å². The molecule has 7 nitrogen and oxygen atoms in total. The maximum absolute atomic E-state index is 12.8. The molecule has 3 rings (SSSR count). The van der Waals surface area contributed by atoms with E-state index in [0.717, 1.165) is 18.4 Å². The van der Waals surface area contributed by atoms with Crippen LogP contribution in [0.15, 0.2) is 30.3 Å². The molecule has 2 fully saturated rings. The van der Waals surface area contributed by atoms with Crippen molar-refractivity contribution in [2.45, 2.75) is 26.4 Å². The largest absolute Gasteiger partial charge is 0.445 e. The number of ether oxygens (including phenoxy) is 1. The Morgan fingerprint density at radius 3 is 2.30 bits per heavy atom. The van der Waals surface area contributed by atoms with Crippen molar-refractivity contribution in [1.82, 2.24) is 14.7 Å². The Balaban J connectivity index is 1.49.